The van der Waals surface area contributed by atoms with E-state index in [4.69, 9.17) is 17.3 Å². The number of anilines is 1. The van der Waals surface area contributed by atoms with Gasteiger partial charge in [-0.05, 0) is 50.8 Å². The van der Waals surface area contributed by atoms with E-state index in [-0.39, 0.29) is 36.2 Å². The van der Waals surface area contributed by atoms with Crippen LogP contribution in [0, 0.1) is 5.92 Å². The molecule has 2 aliphatic carbocycles. The van der Waals surface area contributed by atoms with Crippen molar-refractivity contribution in [2.45, 2.75) is 76.3 Å². The minimum Gasteiger partial charge on any atom is -0.349 e. The first-order valence-corrected chi connectivity index (χ1v) is 10.4. The van der Waals surface area contributed by atoms with Crippen LogP contribution in [-0.4, -0.2) is 23.4 Å². The molecule has 2 aliphatic rings. The Balaban J connectivity index is 0.00000280. The van der Waals surface area contributed by atoms with E-state index in [2.05, 4.69) is 10.6 Å². The Morgan fingerprint density at radius 3 is 2.46 bits per heavy atom. The molecule has 2 saturated carbocycles. The molecule has 0 aliphatic heterocycles. The average Bonchev–Trinajstić information content (AvgIpc) is 2.63. The van der Waals surface area contributed by atoms with Crippen LogP contribution in [0.3, 0.4) is 0 Å². The van der Waals surface area contributed by atoms with Gasteiger partial charge < -0.3 is 16.4 Å². The number of hydrogen-bond acceptors (Lipinski definition) is 3. The summed E-state index contributed by atoms with van der Waals surface area (Å²) < 4.78 is 0. The van der Waals surface area contributed by atoms with Crippen LogP contribution in [0.5, 0.6) is 0 Å². The highest BCUT2D eigenvalue weighted by Gasteiger charge is 2.37. The first-order chi connectivity index (χ1) is 12.9. The molecule has 0 spiro atoms. The molecule has 2 atom stereocenters. The highest BCUT2D eigenvalue weighted by atomic mass is 35.5. The summed E-state index contributed by atoms with van der Waals surface area (Å²) in [6.45, 7) is 1.95. The monoisotopic (exact) mass is 427 g/mol. The molecule has 0 heterocycles. The van der Waals surface area contributed by atoms with Crippen molar-refractivity contribution >= 4 is 41.5 Å². The Kier molecular flexibility index (Phi) is 8.17. The maximum Gasteiger partial charge on any atom is 0.253 e. The second kappa shape index (κ2) is 9.95. The van der Waals surface area contributed by atoms with Crippen LogP contribution in [0.15, 0.2) is 18.2 Å². The fourth-order valence-corrected chi connectivity index (χ4v) is 4.51. The topological polar surface area (TPSA) is 84.2 Å². The summed E-state index contributed by atoms with van der Waals surface area (Å²) >= 11 is 6.25. The summed E-state index contributed by atoms with van der Waals surface area (Å²) in [5, 5.41) is 6.40. The molecular formula is C21H31Cl2N3O2. The summed E-state index contributed by atoms with van der Waals surface area (Å²) in [5.74, 6) is -0.480. The van der Waals surface area contributed by atoms with Gasteiger partial charge in [-0.15, -0.1) is 12.4 Å². The van der Waals surface area contributed by atoms with Gasteiger partial charge in [0.2, 0.25) is 5.91 Å². The van der Waals surface area contributed by atoms with E-state index in [0.29, 0.717) is 16.3 Å². The van der Waals surface area contributed by atoms with Gasteiger partial charge in [-0.2, -0.15) is 0 Å². The van der Waals surface area contributed by atoms with Crippen LogP contribution in [0.4, 0.5) is 5.69 Å². The van der Waals surface area contributed by atoms with Gasteiger partial charge in [-0.1, -0.05) is 43.7 Å². The van der Waals surface area contributed by atoms with Gasteiger partial charge in [-0.3, -0.25) is 9.59 Å². The van der Waals surface area contributed by atoms with Crippen LogP contribution in [0.1, 0.15) is 75.1 Å². The van der Waals surface area contributed by atoms with Crippen LogP contribution < -0.4 is 16.4 Å². The zero-order chi connectivity index (χ0) is 19.4. The maximum atomic E-state index is 12.7. The fourth-order valence-electron chi connectivity index (χ4n) is 4.31. The maximum absolute atomic E-state index is 12.7. The number of benzene rings is 1. The first kappa shape index (κ1) is 23.0. The van der Waals surface area contributed by atoms with E-state index >= 15 is 0 Å². The lowest BCUT2D eigenvalue weighted by Crippen LogP contribution is -2.51. The molecule has 2 amide bonds. The van der Waals surface area contributed by atoms with E-state index in [9.17, 15) is 9.59 Å². The second-order valence-electron chi connectivity index (χ2n) is 8.30. The van der Waals surface area contributed by atoms with Gasteiger partial charge in [0.05, 0.1) is 16.5 Å². The molecule has 1 aromatic carbocycles. The minimum absolute atomic E-state index is 0. The number of halogens is 2. The minimum atomic E-state index is -0.490. The van der Waals surface area contributed by atoms with E-state index in [1.54, 1.807) is 18.2 Å². The number of rotatable bonds is 4. The molecule has 0 radical (unpaired) electrons. The molecule has 5 nitrogen and oxygen atoms in total. The van der Waals surface area contributed by atoms with Crippen LogP contribution in [-0.2, 0) is 4.79 Å². The molecule has 0 bridgehead atoms. The van der Waals surface area contributed by atoms with Crippen molar-refractivity contribution in [2.24, 2.45) is 11.7 Å². The van der Waals surface area contributed by atoms with Crippen LogP contribution in [0.25, 0.3) is 0 Å². The first-order valence-electron chi connectivity index (χ1n) is 10.1. The quantitative estimate of drug-likeness (QED) is 0.652. The third-order valence-electron chi connectivity index (χ3n) is 5.99. The van der Waals surface area contributed by atoms with Crippen LogP contribution in [0.2, 0.25) is 5.02 Å². The summed E-state index contributed by atoms with van der Waals surface area (Å²) in [4.78, 5) is 25.4. The fraction of sp³-hybridized carbons (Fsp3) is 0.619. The van der Waals surface area contributed by atoms with E-state index in [1.807, 2.05) is 6.92 Å². The highest BCUT2D eigenvalue weighted by Crippen LogP contribution is 2.33. The summed E-state index contributed by atoms with van der Waals surface area (Å²) in [6, 6.07) is 5.26. The zero-order valence-corrected chi connectivity index (χ0v) is 18.0. The summed E-state index contributed by atoms with van der Waals surface area (Å²) in [5.41, 5.74) is 6.83. The number of amides is 2. The Bertz CT molecular complexity index is 703. The molecule has 156 valence electrons. The second-order valence-corrected chi connectivity index (χ2v) is 8.70. The number of nitrogens with one attached hydrogen (secondary N) is 2. The lowest BCUT2D eigenvalue weighted by molar-refractivity contribution is -0.122. The smallest absolute Gasteiger partial charge is 0.253 e. The number of hydrogen-bond donors (Lipinski definition) is 3. The SMILES string of the molecule is CC1(N)CCCCC1C(=O)Nc1ccc(Cl)c(C(=O)NC2CCCCC2)c1.Cl. The van der Waals surface area contributed by atoms with Crippen molar-refractivity contribution in [3.8, 4) is 0 Å². The zero-order valence-electron chi connectivity index (χ0n) is 16.4. The van der Waals surface area contributed by atoms with Gasteiger partial charge in [0.1, 0.15) is 0 Å². The Hall–Kier alpha value is -1.30. The number of nitrogens with two attached hydrogens (primary N) is 1. The molecule has 0 aromatic heterocycles. The molecule has 1 aromatic rings. The van der Waals surface area contributed by atoms with Crippen molar-refractivity contribution in [3.05, 3.63) is 28.8 Å². The van der Waals surface area contributed by atoms with Crippen LogP contribution >= 0.6 is 24.0 Å². The predicted octanol–water partition coefficient (Wildman–Crippen LogP) is 4.67. The molecule has 4 N–H and O–H groups in total. The molecule has 28 heavy (non-hydrogen) atoms. The van der Waals surface area contributed by atoms with Gasteiger partial charge in [0, 0.05) is 17.3 Å². The lowest BCUT2D eigenvalue weighted by Gasteiger charge is -2.37. The molecule has 3 rings (SSSR count). The Morgan fingerprint density at radius 2 is 1.79 bits per heavy atom. The van der Waals surface area contributed by atoms with Crippen molar-refractivity contribution < 1.29 is 9.59 Å². The molecule has 2 unspecified atom stereocenters. The van der Waals surface area contributed by atoms with Gasteiger partial charge in [-0.25, -0.2) is 0 Å². The van der Waals surface area contributed by atoms with Crippen molar-refractivity contribution in [1.29, 1.82) is 0 Å². The standard InChI is InChI=1S/C21H30ClN3O2.ClH/c1-21(23)12-6-5-9-17(21)20(27)25-15-10-11-18(22)16(13-15)19(26)24-14-7-3-2-4-8-14;/h10-11,13-14,17H,2-9,12,23H2,1H3,(H,24,26)(H,25,27);1H. The number of carbonyl (C=O) groups is 2. The largest absolute Gasteiger partial charge is 0.349 e. The third-order valence-corrected chi connectivity index (χ3v) is 6.32. The van der Waals surface area contributed by atoms with Crippen molar-refractivity contribution in [2.75, 3.05) is 5.32 Å². The summed E-state index contributed by atoms with van der Waals surface area (Å²) in [7, 11) is 0. The van der Waals surface area contributed by atoms with Gasteiger partial charge in [0.15, 0.2) is 0 Å². The third kappa shape index (κ3) is 5.62. The predicted molar refractivity (Wildman–Crippen MR) is 116 cm³/mol. The van der Waals surface area contributed by atoms with Gasteiger partial charge in [0.25, 0.3) is 5.91 Å². The van der Waals surface area contributed by atoms with Crippen molar-refractivity contribution in [1.82, 2.24) is 5.32 Å². The molecule has 2 fully saturated rings. The lowest BCUT2D eigenvalue weighted by atomic mass is 9.74. The van der Waals surface area contributed by atoms with E-state index in [0.717, 1.165) is 51.4 Å². The van der Waals surface area contributed by atoms with E-state index in [1.165, 1.54) is 6.42 Å². The molecule has 7 heteroatoms. The number of carbonyl (C=O) groups excluding carboxylic acids is 2. The molecule has 0 saturated heterocycles. The Morgan fingerprint density at radius 1 is 1.11 bits per heavy atom. The normalized spacial score (nSPS) is 25.5. The highest BCUT2D eigenvalue weighted by molar-refractivity contribution is 6.34. The Labute approximate surface area is 178 Å². The van der Waals surface area contributed by atoms with Gasteiger partial charge >= 0.3 is 0 Å². The average molecular weight is 428 g/mol. The molecular weight excluding hydrogens is 397 g/mol. The van der Waals surface area contributed by atoms with E-state index < -0.39 is 5.54 Å². The van der Waals surface area contributed by atoms with Crippen molar-refractivity contribution in [3.63, 3.8) is 0 Å². The summed E-state index contributed by atoms with van der Waals surface area (Å²) in [6.07, 6.45) is 9.26.